The molecular formula is C23H24BrN3O2. The summed E-state index contributed by atoms with van der Waals surface area (Å²) in [5.41, 5.74) is 2.53. The Labute approximate surface area is 179 Å². The zero-order chi connectivity index (χ0) is 20.1. The molecule has 1 unspecified atom stereocenters. The van der Waals surface area contributed by atoms with Crippen molar-refractivity contribution in [2.75, 3.05) is 26.2 Å². The third-order valence-corrected chi connectivity index (χ3v) is 5.79. The molecule has 1 aliphatic rings. The Kier molecular flexibility index (Phi) is 6.32. The maximum Gasteiger partial charge on any atom is 0.317 e. The van der Waals surface area contributed by atoms with Crippen molar-refractivity contribution in [3.63, 3.8) is 0 Å². The van der Waals surface area contributed by atoms with E-state index in [4.69, 9.17) is 4.42 Å². The van der Waals surface area contributed by atoms with E-state index in [1.807, 2.05) is 23.1 Å². The van der Waals surface area contributed by atoms with E-state index < -0.39 is 0 Å². The molecule has 4 rings (SSSR count). The highest BCUT2D eigenvalue weighted by molar-refractivity contribution is 9.10. The molecule has 2 heterocycles. The molecule has 3 aromatic rings. The van der Waals surface area contributed by atoms with Crippen molar-refractivity contribution in [2.24, 2.45) is 0 Å². The summed E-state index contributed by atoms with van der Waals surface area (Å²) in [4.78, 5) is 16.8. The first-order valence-electron chi connectivity index (χ1n) is 9.80. The predicted molar refractivity (Wildman–Crippen MR) is 117 cm³/mol. The molecule has 150 valence electrons. The Morgan fingerprint density at radius 3 is 2.28 bits per heavy atom. The van der Waals surface area contributed by atoms with Gasteiger partial charge in [-0.2, -0.15) is 0 Å². The standard InChI is InChI=1S/C23H24BrN3O2/c24-20-10-8-19(9-11-20)22(18-5-2-1-3-6-18)26-12-14-27(15-13-26)23(28)25-17-21-7-4-16-29-21/h1-11,16,22H,12-15,17H2,(H,25,28). The molecule has 0 spiro atoms. The van der Waals surface area contributed by atoms with Gasteiger partial charge in [0.1, 0.15) is 5.76 Å². The number of furan rings is 1. The maximum absolute atomic E-state index is 12.5. The van der Waals surface area contributed by atoms with Crippen molar-refractivity contribution in [2.45, 2.75) is 12.6 Å². The van der Waals surface area contributed by atoms with Crippen LogP contribution in [0.1, 0.15) is 22.9 Å². The Hall–Kier alpha value is -2.57. The van der Waals surface area contributed by atoms with Crippen LogP contribution in [0.4, 0.5) is 4.79 Å². The van der Waals surface area contributed by atoms with Crippen LogP contribution in [0, 0.1) is 0 Å². The average molecular weight is 454 g/mol. The summed E-state index contributed by atoms with van der Waals surface area (Å²) in [6, 6.07) is 22.9. The van der Waals surface area contributed by atoms with Crippen LogP contribution in [-0.4, -0.2) is 42.0 Å². The van der Waals surface area contributed by atoms with Crippen molar-refractivity contribution in [1.29, 1.82) is 0 Å². The smallest absolute Gasteiger partial charge is 0.317 e. The SMILES string of the molecule is O=C(NCc1ccco1)N1CCN(C(c2ccccc2)c2ccc(Br)cc2)CC1. The predicted octanol–water partition coefficient (Wildman–Crippen LogP) is 4.66. The van der Waals surface area contributed by atoms with Crippen LogP contribution in [0.3, 0.4) is 0 Å². The number of nitrogens with one attached hydrogen (secondary N) is 1. The summed E-state index contributed by atoms with van der Waals surface area (Å²) in [7, 11) is 0. The first-order valence-corrected chi connectivity index (χ1v) is 10.6. The summed E-state index contributed by atoms with van der Waals surface area (Å²) < 4.78 is 6.36. The van der Waals surface area contributed by atoms with Gasteiger partial charge >= 0.3 is 6.03 Å². The number of carbonyl (C=O) groups is 1. The molecular weight excluding hydrogens is 430 g/mol. The van der Waals surface area contributed by atoms with Gasteiger partial charge in [0.25, 0.3) is 0 Å². The van der Waals surface area contributed by atoms with E-state index in [0.717, 1.165) is 23.3 Å². The minimum absolute atomic E-state index is 0.0408. The van der Waals surface area contributed by atoms with Gasteiger partial charge in [0.2, 0.25) is 0 Å². The van der Waals surface area contributed by atoms with E-state index in [-0.39, 0.29) is 12.1 Å². The average Bonchev–Trinajstić information content (AvgIpc) is 3.29. The third-order valence-electron chi connectivity index (χ3n) is 5.26. The topological polar surface area (TPSA) is 48.7 Å². The zero-order valence-corrected chi connectivity index (χ0v) is 17.7. The van der Waals surface area contributed by atoms with Gasteiger partial charge in [-0.25, -0.2) is 4.79 Å². The van der Waals surface area contributed by atoms with E-state index in [1.54, 1.807) is 6.26 Å². The summed E-state index contributed by atoms with van der Waals surface area (Å²) in [6.07, 6.45) is 1.62. The number of nitrogens with zero attached hydrogens (tertiary/aromatic N) is 2. The summed E-state index contributed by atoms with van der Waals surface area (Å²) >= 11 is 3.53. The second-order valence-electron chi connectivity index (χ2n) is 7.13. The van der Waals surface area contributed by atoms with Gasteiger partial charge < -0.3 is 14.6 Å². The number of hydrogen-bond donors (Lipinski definition) is 1. The molecule has 1 fully saturated rings. The van der Waals surface area contributed by atoms with Crippen LogP contribution in [0.15, 0.2) is 81.9 Å². The molecule has 0 aliphatic carbocycles. The molecule has 0 bridgehead atoms. The fourth-order valence-electron chi connectivity index (χ4n) is 3.77. The normalized spacial score (nSPS) is 15.8. The van der Waals surface area contributed by atoms with E-state index in [0.29, 0.717) is 19.6 Å². The quantitative estimate of drug-likeness (QED) is 0.610. The summed E-state index contributed by atoms with van der Waals surface area (Å²) in [5.74, 6) is 0.761. The lowest BCUT2D eigenvalue weighted by atomic mass is 9.96. The molecule has 6 heteroatoms. The molecule has 0 saturated carbocycles. The highest BCUT2D eigenvalue weighted by Gasteiger charge is 2.28. The number of amides is 2. The van der Waals surface area contributed by atoms with Gasteiger partial charge in [0, 0.05) is 30.7 Å². The Morgan fingerprint density at radius 2 is 1.62 bits per heavy atom. The monoisotopic (exact) mass is 453 g/mol. The number of piperazine rings is 1. The molecule has 2 amide bonds. The first kappa shape index (κ1) is 19.7. The van der Waals surface area contributed by atoms with Crippen molar-refractivity contribution in [1.82, 2.24) is 15.1 Å². The van der Waals surface area contributed by atoms with Crippen LogP contribution in [0.2, 0.25) is 0 Å². The van der Waals surface area contributed by atoms with Crippen LogP contribution in [-0.2, 0) is 6.54 Å². The minimum atomic E-state index is -0.0408. The number of carbonyl (C=O) groups excluding carboxylic acids is 1. The first-order chi connectivity index (χ1) is 14.2. The second-order valence-corrected chi connectivity index (χ2v) is 8.04. The molecule has 2 aromatic carbocycles. The fourth-order valence-corrected chi connectivity index (χ4v) is 4.03. The van der Waals surface area contributed by atoms with Crippen LogP contribution in [0.5, 0.6) is 0 Å². The lowest BCUT2D eigenvalue weighted by Crippen LogP contribution is -2.52. The van der Waals surface area contributed by atoms with E-state index in [9.17, 15) is 4.79 Å². The van der Waals surface area contributed by atoms with E-state index in [2.05, 4.69) is 74.7 Å². The minimum Gasteiger partial charge on any atom is -0.467 e. The summed E-state index contributed by atoms with van der Waals surface area (Å²) in [6.45, 7) is 3.46. The third kappa shape index (κ3) is 4.89. The zero-order valence-electron chi connectivity index (χ0n) is 16.1. The molecule has 0 radical (unpaired) electrons. The van der Waals surface area contributed by atoms with Gasteiger partial charge in [-0.15, -0.1) is 0 Å². The fraction of sp³-hybridized carbons (Fsp3) is 0.261. The summed E-state index contributed by atoms with van der Waals surface area (Å²) in [5, 5.41) is 2.94. The lowest BCUT2D eigenvalue weighted by molar-refractivity contribution is 0.120. The number of rotatable bonds is 5. The van der Waals surface area contributed by atoms with Crippen LogP contribution < -0.4 is 5.32 Å². The van der Waals surface area contributed by atoms with Crippen molar-refractivity contribution < 1.29 is 9.21 Å². The molecule has 5 nitrogen and oxygen atoms in total. The van der Waals surface area contributed by atoms with Gasteiger partial charge in [-0.05, 0) is 35.4 Å². The highest BCUT2D eigenvalue weighted by atomic mass is 79.9. The number of hydrogen-bond acceptors (Lipinski definition) is 3. The molecule has 29 heavy (non-hydrogen) atoms. The van der Waals surface area contributed by atoms with Crippen LogP contribution >= 0.6 is 15.9 Å². The lowest BCUT2D eigenvalue weighted by Gasteiger charge is -2.39. The molecule has 1 aromatic heterocycles. The van der Waals surface area contributed by atoms with Crippen molar-refractivity contribution in [3.8, 4) is 0 Å². The van der Waals surface area contributed by atoms with Crippen LogP contribution in [0.25, 0.3) is 0 Å². The largest absolute Gasteiger partial charge is 0.467 e. The Balaban J connectivity index is 1.42. The maximum atomic E-state index is 12.5. The number of benzene rings is 2. The molecule has 1 N–H and O–H groups in total. The van der Waals surface area contributed by atoms with Gasteiger partial charge in [0.05, 0.1) is 18.8 Å². The van der Waals surface area contributed by atoms with E-state index in [1.165, 1.54) is 11.1 Å². The van der Waals surface area contributed by atoms with Gasteiger partial charge in [-0.3, -0.25) is 4.90 Å². The molecule has 1 aliphatic heterocycles. The second kappa shape index (κ2) is 9.29. The highest BCUT2D eigenvalue weighted by Crippen LogP contribution is 2.30. The van der Waals surface area contributed by atoms with Crippen molar-refractivity contribution >= 4 is 22.0 Å². The molecule has 1 atom stereocenters. The van der Waals surface area contributed by atoms with Gasteiger partial charge in [0.15, 0.2) is 0 Å². The Morgan fingerprint density at radius 1 is 0.931 bits per heavy atom. The molecule has 1 saturated heterocycles. The van der Waals surface area contributed by atoms with E-state index >= 15 is 0 Å². The van der Waals surface area contributed by atoms with Gasteiger partial charge in [-0.1, -0.05) is 58.4 Å². The number of halogens is 1. The Bertz CT molecular complexity index is 905. The number of urea groups is 1. The van der Waals surface area contributed by atoms with Crippen molar-refractivity contribution in [3.05, 3.63) is 94.4 Å².